The van der Waals surface area contributed by atoms with Gasteiger partial charge in [0.2, 0.25) is 5.91 Å². The molecule has 2 aromatic rings. The van der Waals surface area contributed by atoms with Crippen molar-refractivity contribution in [2.24, 2.45) is 5.10 Å². The van der Waals surface area contributed by atoms with Crippen molar-refractivity contribution in [3.63, 3.8) is 0 Å². The normalized spacial score (nSPS) is 16.6. The highest BCUT2D eigenvalue weighted by atomic mass is 32.2. The largest absolute Gasteiger partial charge is 0.545 e. The number of thioether (sulfide) groups is 1. The zero-order valence-corrected chi connectivity index (χ0v) is 19.8. The molecule has 0 bridgehead atoms. The number of hydrazone groups is 1. The van der Waals surface area contributed by atoms with Crippen LogP contribution in [0.1, 0.15) is 29.3 Å². The molecule has 0 aromatic heterocycles. The molecule has 2 N–H and O–H groups in total. The number of hydrogen-bond acceptors (Lipinski definition) is 8. The number of allylic oxidation sites excluding steroid dienone is 1. The van der Waals surface area contributed by atoms with Crippen molar-refractivity contribution in [2.75, 3.05) is 24.3 Å². The number of rotatable bonds is 7. The van der Waals surface area contributed by atoms with Gasteiger partial charge in [0.05, 0.1) is 18.1 Å². The van der Waals surface area contributed by atoms with Crippen LogP contribution in [-0.4, -0.2) is 53.0 Å². The summed E-state index contributed by atoms with van der Waals surface area (Å²) in [5.41, 5.74) is 2.96. The van der Waals surface area contributed by atoms with Crippen LogP contribution in [-0.2, 0) is 9.59 Å². The Morgan fingerprint density at radius 1 is 1.18 bits per heavy atom. The maximum absolute atomic E-state index is 12.6. The third-order valence-corrected chi connectivity index (χ3v) is 5.97. The van der Waals surface area contributed by atoms with E-state index >= 15 is 0 Å². The molecular weight excluding hydrogens is 454 g/mol. The third-order valence-electron chi connectivity index (χ3n) is 4.91. The van der Waals surface area contributed by atoms with Gasteiger partial charge in [-0.25, -0.2) is 0 Å². The number of nitrogens with one attached hydrogen (secondary N) is 2. The molecule has 34 heavy (non-hydrogen) atoms. The van der Waals surface area contributed by atoms with Gasteiger partial charge in [0.25, 0.3) is 5.91 Å². The third kappa shape index (κ3) is 6.32. The Hall–Kier alpha value is -3.92. The van der Waals surface area contributed by atoms with Crippen molar-refractivity contribution in [1.82, 2.24) is 5.01 Å². The molecule has 0 aliphatic carbocycles. The van der Waals surface area contributed by atoms with Crippen LogP contribution in [0.4, 0.5) is 11.4 Å². The van der Waals surface area contributed by atoms with Crippen LogP contribution in [0.3, 0.4) is 0 Å². The summed E-state index contributed by atoms with van der Waals surface area (Å²) >= 11 is 0.931. The van der Waals surface area contributed by atoms with E-state index in [4.69, 9.17) is 5.41 Å². The van der Waals surface area contributed by atoms with Gasteiger partial charge in [-0.3, -0.25) is 15.0 Å². The Kier molecular flexibility index (Phi) is 7.85. The lowest BCUT2D eigenvalue weighted by Gasteiger charge is -2.27. The molecule has 1 fully saturated rings. The second-order valence-corrected chi connectivity index (χ2v) is 8.93. The van der Waals surface area contributed by atoms with Crippen LogP contribution >= 0.6 is 11.8 Å². The highest BCUT2D eigenvalue weighted by Gasteiger charge is 2.35. The maximum atomic E-state index is 12.6. The molecule has 2 aromatic carbocycles. The van der Waals surface area contributed by atoms with Gasteiger partial charge in [-0.15, -0.1) is 0 Å². The molecule has 9 nitrogen and oxygen atoms in total. The summed E-state index contributed by atoms with van der Waals surface area (Å²) in [6.07, 6.45) is 3.50. The topological polar surface area (TPSA) is 129 Å². The molecule has 176 valence electrons. The van der Waals surface area contributed by atoms with Crippen molar-refractivity contribution in [3.8, 4) is 0 Å². The number of benzene rings is 2. The zero-order chi connectivity index (χ0) is 24.8. The first-order valence-electron chi connectivity index (χ1n) is 10.3. The molecule has 1 atom stereocenters. The van der Waals surface area contributed by atoms with Crippen LogP contribution in [0.2, 0.25) is 0 Å². The summed E-state index contributed by atoms with van der Waals surface area (Å²) < 4.78 is 0. The molecule has 0 radical (unpaired) electrons. The predicted octanol–water partition coefficient (Wildman–Crippen LogP) is 2.41. The van der Waals surface area contributed by atoms with Gasteiger partial charge in [-0.05, 0) is 48.4 Å². The zero-order valence-electron chi connectivity index (χ0n) is 18.9. The molecule has 1 aliphatic rings. The van der Waals surface area contributed by atoms with Crippen molar-refractivity contribution in [1.29, 1.82) is 5.41 Å². The van der Waals surface area contributed by atoms with E-state index in [0.29, 0.717) is 11.4 Å². The first kappa shape index (κ1) is 24.7. The summed E-state index contributed by atoms with van der Waals surface area (Å²) in [5, 5.41) is 25.9. The fourth-order valence-electron chi connectivity index (χ4n) is 3.04. The van der Waals surface area contributed by atoms with E-state index in [1.807, 2.05) is 49.3 Å². The minimum absolute atomic E-state index is 0.00880. The average molecular weight is 479 g/mol. The van der Waals surface area contributed by atoms with Crippen LogP contribution in [0.25, 0.3) is 6.08 Å². The Bertz CT molecular complexity index is 1140. The van der Waals surface area contributed by atoms with Crippen molar-refractivity contribution in [3.05, 3.63) is 65.7 Å². The lowest BCUT2D eigenvalue weighted by molar-refractivity contribution is -0.255. The Morgan fingerprint density at radius 3 is 2.38 bits per heavy atom. The number of aromatic carboxylic acids is 1. The highest BCUT2D eigenvalue weighted by Crippen LogP contribution is 2.27. The van der Waals surface area contributed by atoms with Gasteiger partial charge >= 0.3 is 0 Å². The first-order valence-corrected chi connectivity index (χ1v) is 11.2. The molecule has 1 heterocycles. The van der Waals surface area contributed by atoms with Crippen LogP contribution < -0.4 is 15.3 Å². The summed E-state index contributed by atoms with van der Waals surface area (Å²) in [4.78, 5) is 38.0. The Labute approximate surface area is 201 Å². The number of amidine groups is 1. The molecule has 0 unspecified atom stereocenters. The number of carbonyl (C=O) groups is 3. The number of amides is 2. The molecule has 2 amide bonds. The summed E-state index contributed by atoms with van der Waals surface area (Å²) in [6.45, 7) is 1.73. The summed E-state index contributed by atoms with van der Waals surface area (Å²) in [5.74, 6) is -2.22. The summed E-state index contributed by atoms with van der Waals surface area (Å²) in [6, 6.07) is 13.4. The Balaban J connectivity index is 1.60. The fourth-order valence-corrected chi connectivity index (χ4v) is 3.94. The molecule has 1 aliphatic heterocycles. The van der Waals surface area contributed by atoms with Gasteiger partial charge < -0.3 is 20.1 Å². The molecule has 0 saturated carbocycles. The lowest BCUT2D eigenvalue weighted by Crippen LogP contribution is -2.42. The van der Waals surface area contributed by atoms with Crippen LogP contribution in [0.15, 0.2) is 59.7 Å². The van der Waals surface area contributed by atoms with Crippen molar-refractivity contribution < 1.29 is 19.5 Å². The monoisotopic (exact) mass is 478 g/mol. The smallest absolute Gasteiger partial charge is 0.250 e. The predicted molar refractivity (Wildman–Crippen MR) is 133 cm³/mol. The fraction of sp³-hybridized carbons (Fsp3) is 0.208. The standard InChI is InChI=1S/C24H25N5O4S/c1-15(4-5-16-6-12-19(13-7-16)28(2)3)27-29-21(30)14-20(34-24(29)25)22(31)26-18-10-8-17(9-11-18)23(32)33/h4-13,20,25H,14H2,1-3H3,(H,26,31)(H,32,33)/p-1/b5-4+,25-24?,27-15+/t20-/m0/s1. The average Bonchev–Trinajstić information content (AvgIpc) is 2.80. The van der Waals surface area contributed by atoms with Crippen molar-refractivity contribution >= 4 is 57.9 Å². The molecule has 1 saturated heterocycles. The highest BCUT2D eigenvalue weighted by molar-refractivity contribution is 8.14. The van der Waals surface area contributed by atoms with E-state index in [-0.39, 0.29) is 17.2 Å². The maximum Gasteiger partial charge on any atom is 0.250 e. The minimum atomic E-state index is -1.31. The van der Waals surface area contributed by atoms with Crippen LogP contribution in [0.5, 0.6) is 0 Å². The van der Waals surface area contributed by atoms with Gasteiger partial charge in [-0.2, -0.15) is 10.1 Å². The number of carboxylic acids is 1. The number of nitrogens with zero attached hydrogens (tertiary/aromatic N) is 3. The van der Waals surface area contributed by atoms with E-state index in [9.17, 15) is 19.5 Å². The van der Waals surface area contributed by atoms with Gasteiger partial charge in [0.15, 0.2) is 5.17 Å². The van der Waals surface area contributed by atoms with E-state index < -0.39 is 23.0 Å². The number of carbonyl (C=O) groups excluding carboxylic acids is 3. The van der Waals surface area contributed by atoms with E-state index in [1.54, 1.807) is 13.0 Å². The second kappa shape index (κ2) is 10.8. The van der Waals surface area contributed by atoms with E-state index in [0.717, 1.165) is 28.0 Å². The van der Waals surface area contributed by atoms with Gasteiger partial charge in [0.1, 0.15) is 5.25 Å². The number of hydrogen-bond donors (Lipinski definition) is 2. The Morgan fingerprint density at radius 2 is 1.82 bits per heavy atom. The molecule has 3 rings (SSSR count). The first-order chi connectivity index (χ1) is 16.1. The van der Waals surface area contributed by atoms with Gasteiger partial charge in [-0.1, -0.05) is 42.1 Å². The summed E-state index contributed by atoms with van der Waals surface area (Å²) in [7, 11) is 3.93. The van der Waals surface area contributed by atoms with Crippen LogP contribution in [0, 0.1) is 5.41 Å². The lowest BCUT2D eigenvalue weighted by atomic mass is 10.1. The minimum Gasteiger partial charge on any atom is -0.545 e. The number of anilines is 2. The van der Waals surface area contributed by atoms with E-state index in [1.165, 1.54) is 24.3 Å². The van der Waals surface area contributed by atoms with Gasteiger partial charge in [0, 0.05) is 25.5 Å². The number of carboxylic acid groups (broad SMARTS) is 1. The second-order valence-electron chi connectivity index (χ2n) is 7.74. The SMILES string of the molecule is CC(/C=C/c1ccc(N(C)C)cc1)=N\N1C(=N)S[C@H](C(=O)Nc2ccc(C(=O)[O-])cc2)CC1=O. The molecule has 0 spiro atoms. The molecule has 10 heteroatoms. The quantitative estimate of drug-likeness (QED) is 0.588. The van der Waals surface area contributed by atoms with Crippen molar-refractivity contribution in [2.45, 2.75) is 18.6 Å². The van der Waals surface area contributed by atoms with E-state index in [2.05, 4.69) is 10.4 Å². The molecular formula is C24H24N5O4S-.